The maximum Gasteiger partial charge on any atom is 0.120 e. The van der Waals surface area contributed by atoms with E-state index in [1.807, 2.05) is 0 Å². The van der Waals surface area contributed by atoms with Crippen LogP contribution in [0.25, 0.3) is 0 Å². The molecule has 1 aliphatic rings. The van der Waals surface area contributed by atoms with Crippen LogP contribution in [0.15, 0.2) is 48.5 Å². The molecule has 0 aliphatic carbocycles. The maximum absolute atomic E-state index is 6.16. The molecular formula is C19H23NO. The first-order valence-corrected chi connectivity index (χ1v) is 7.70. The van der Waals surface area contributed by atoms with Crippen LogP contribution < -0.4 is 4.74 Å². The van der Waals surface area contributed by atoms with E-state index >= 15 is 0 Å². The summed E-state index contributed by atoms with van der Waals surface area (Å²) in [6.07, 6.45) is 1.43. The molecule has 0 N–H and O–H groups in total. The molecule has 2 heteroatoms. The molecule has 1 atom stereocenters. The molecule has 0 amide bonds. The summed E-state index contributed by atoms with van der Waals surface area (Å²) >= 11 is 0. The lowest BCUT2D eigenvalue weighted by Gasteiger charge is -2.17. The molecule has 2 aromatic rings. The normalized spacial score (nSPS) is 18.9. The first kappa shape index (κ1) is 14.2. The van der Waals surface area contributed by atoms with Gasteiger partial charge in [-0.1, -0.05) is 36.4 Å². The lowest BCUT2D eigenvalue weighted by molar-refractivity contribution is 0.198. The van der Waals surface area contributed by atoms with Crippen LogP contribution in [0, 0.1) is 13.8 Å². The van der Waals surface area contributed by atoms with Crippen molar-refractivity contribution < 1.29 is 4.74 Å². The van der Waals surface area contributed by atoms with Crippen LogP contribution in [0.2, 0.25) is 0 Å². The SMILES string of the molecule is Cc1cc(C)cc(OC2CCN(Cc3ccccc3)C2)c1. The summed E-state index contributed by atoms with van der Waals surface area (Å²) < 4.78 is 6.16. The Morgan fingerprint density at radius 1 is 1.05 bits per heavy atom. The molecule has 1 aliphatic heterocycles. The third kappa shape index (κ3) is 3.85. The maximum atomic E-state index is 6.16. The third-order valence-electron chi connectivity index (χ3n) is 3.98. The van der Waals surface area contributed by atoms with E-state index in [1.54, 1.807) is 0 Å². The van der Waals surface area contributed by atoms with E-state index in [9.17, 15) is 0 Å². The summed E-state index contributed by atoms with van der Waals surface area (Å²) in [6, 6.07) is 17.1. The Balaban J connectivity index is 1.57. The molecule has 1 saturated heterocycles. The number of benzene rings is 2. The van der Waals surface area contributed by atoms with Gasteiger partial charge in [0.15, 0.2) is 0 Å². The highest BCUT2D eigenvalue weighted by Gasteiger charge is 2.23. The van der Waals surface area contributed by atoms with Crippen LogP contribution >= 0.6 is 0 Å². The Hall–Kier alpha value is -1.80. The highest BCUT2D eigenvalue weighted by molar-refractivity contribution is 5.33. The number of hydrogen-bond acceptors (Lipinski definition) is 2. The van der Waals surface area contributed by atoms with Gasteiger partial charge in [0.1, 0.15) is 11.9 Å². The fourth-order valence-electron chi connectivity index (χ4n) is 3.07. The van der Waals surface area contributed by atoms with Gasteiger partial charge in [0.2, 0.25) is 0 Å². The topological polar surface area (TPSA) is 12.5 Å². The lowest BCUT2D eigenvalue weighted by atomic mass is 10.1. The summed E-state index contributed by atoms with van der Waals surface area (Å²) in [7, 11) is 0. The number of rotatable bonds is 4. The minimum atomic E-state index is 0.315. The molecule has 1 fully saturated rings. The van der Waals surface area contributed by atoms with Crippen molar-refractivity contribution >= 4 is 0 Å². The van der Waals surface area contributed by atoms with Crippen LogP contribution in [0.5, 0.6) is 5.75 Å². The number of aryl methyl sites for hydroxylation is 2. The molecule has 21 heavy (non-hydrogen) atoms. The zero-order chi connectivity index (χ0) is 14.7. The molecule has 0 aromatic heterocycles. The summed E-state index contributed by atoms with van der Waals surface area (Å²) in [5, 5.41) is 0. The Kier molecular flexibility index (Phi) is 4.26. The minimum Gasteiger partial charge on any atom is -0.489 e. The Bertz CT molecular complexity index is 574. The number of ether oxygens (including phenoxy) is 1. The van der Waals surface area contributed by atoms with Crippen molar-refractivity contribution in [2.75, 3.05) is 13.1 Å². The monoisotopic (exact) mass is 281 g/mol. The molecule has 110 valence electrons. The highest BCUT2D eigenvalue weighted by atomic mass is 16.5. The van der Waals surface area contributed by atoms with Gasteiger partial charge in [-0.05, 0) is 49.1 Å². The van der Waals surface area contributed by atoms with Crippen molar-refractivity contribution in [2.45, 2.75) is 32.9 Å². The van der Waals surface area contributed by atoms with Crippen molar-refractivity contribution in [1.29, 1.82) is 0 Å². The molecule has 0 spiro atoms. The van der Waals surface area contributed by atoms with Gasteiger partial charge in [0.05, 0.1) is 0 Å². The molecule has 2 nitrogen and oxygen atoms in total. The van der Waals surface area contributed by atoms with Crippen molar-refractivity contribution in [1.82, 2.24) is 4.90 Å². The van der Waals surface area contributed by atoms with Crippen molar-refractivity contribution in [3.05, 3.63) is 65.2 Å². The second-order valence-electron chi connectivity index (χ2n) is 6.07. The van der Waals surface area contributed by atoms with Crippen LogP contribution in [0.1, 0.15) is 23.1 Å². The van der Waals surface area contributed by atoms with Gasteiger partial charge in [-0.25, -0.2) is 0 Å². The molecular weight excluding hydrogens is 258 g/mol. The van der Waals surface area contributed by atoms with E-state index in [0.717, 1.165) is 31.8 Å². The lowest BCUT2D eigenvalue weighted by Crippen LogP contribution is -2.24. The smallest absolute Gasteiger partial charge is 0.120 e. The number of nitrogens with zero attached hydrogens (tertiary/aromatic N) is 1. The molecule has 2 aromatic carbocycles. The van der Waals surface area contributed by atoms with Gasteiger partial charge in [0.25, 0.3) is 0 Å². The standard InChI is InChI=1S/C19H23NO/c1-15-10-16(2)12-19(11-15)21-18-8-9-20(14-18)13-17-6-4-3-5-7-17/h3-7,10-12,18H,8-9,13-14H2,1-2H3. The van der Waals surface area contributed by atoms with Crippen LogP contribution in [0.4, 0.5) is 0 Å². The molecule has 0 radical (unpaired) electrons. The predicted molar refractivity (Wildman–Crippen MR) is 86.7 cm³/mol. The number of hydrogen-bond donors (Lipinski definition) is 0. The van der Waals surface area contributed by atoms with E-state index in [1.165, 1.54) is 16.7 Å². The average molecular weight is 281 g/mol. The van der Waals surface area contributed by atoms with Gasteiger partial charge in [-0.2, -0.15) is 0 Å². The van der Waals surface area contributed by atoms with E-state index in [4.69, 9.17) is 4.74 Å². The summed E-state index contributed by atoms with van der Waals surface area (Å²) in [6.45, 7) is 7.40. The average Bonchev–Trinajstić information content (AvgIpc) is 2.86. The van der Waals surface area contributed by atoms with Gasteiger partial charge >= 0.3 is 0 Å². The Labute approximate surface area is 127 Å². The van der Waals surface area contributed by atoms with Gasteiger partial charge in [-0.15, -0.1) is 0 Å². The van der Waals surface area contributed by atoms with E-state index in [2.05, 4.69) is 67.3 Å². The largest absolute Gasteiger partial charge is 0.489 e. The number of likely N-dealkylation sites (tertiary alicyclic amines) is 1. The minimum absolute atomic E-state index is 0.315. The first-order chi connectivity index (χ1) is 10.2. The molecule has 0 bridgehead atoms. The fourth-order valence-corrected chi connectivity index (χ4v) is 3.07. The molecule has 1 unspecified atom stereocenters. The Morgan fingerprint density at radius 2 is 1.76 bits per heavy atom. The van der Waals surface area contributed by atoms with Gasteiger partial charge < -0.3 is 4.74 Å². The van der Waals surface area contributed by atoms with Crippen molar-refractivity contribution in [3.8, 4) is 5.75 Å². The Morgan fingerprint density at radius 3 is 2.48 bits per heavy atom. The van der Waals surface area contributed by atoms with Crippen molar-refractivity contribution in [3.63, 3.8) is 0 Å². The third-order valence-corrected chi connectivity index (χ3v) is 3.98. The van der Waals surface area contributed by atoms with E-state index in [-0.39, 0.29) is 0 Å². The molecule has 1 heterocycles. The summed E-state index contributed by atoms with van der Waals surface area (Å²) in [5.41, 5.74) is 3.91. The highest BCUT2D eigenvalue weighted by Crippen LogP contribution is 2.22. The van der Waals surface area contributed by atoms with E-state index < -0.39 is 0 Å². The van der Waals surface area contributed by atoms with Crippen LogP contribution in [-0.4, -0.2) is 24.1 Å². The van der Waals surface area contributed by atoms with E-state index in [0.29, 0.717) is 6.10 Å². The second kappa shape index (κ2) is 6.31. The fraction of sp³-hybridized carbons (Fsp3) is 0.368. The zero-order valence-corrected chi connectivity index (χ0v) is 12.9. The zero-order valence-electron chi connectivity index (χ0n) is 12.9. The van der Waals surface area contributed by atoms with Crippen LogP contribution in [-0.2, 0) is 6.54 Å². The van der Waals surface area contributed by atoms with Crippen molar-refractivity contribution in [2.24, 2.45) is 0 Å². The summed E-state index contributed by atoms with van der Waals surface area (Å²) in [5.74, 6) is 1.01. The van der Waals surface area contributed by atoms with Gasteiger partial charge in [-0.3, -0.25) is 4.90 Å². The van der Waals surface area contributed by atoms with Crippen LogP contribution in [0.3, 0.4) is 0 Å². The molecule has 3 rings (SSSR count). The quantitative estimate of drug-likeness (QED) is 0.841. The molecule has 0 saturated carbocycles. The summed E-state index contributed by atoms with van der Waals surface area (Å²) in [4.78, 5) is 2.47. The predicted octanol–water partition coefficient (Wildman–Crippen LogP) is 3.96. The second-order valence-corrected chi connectivity index (χ2v) is 6.07. The first-order valence-electron chi connectivity index (χ1n) is 7.70. The van der Waals surface area contributed by atoms with Gasteiger partial charge in [0, 0.05) is 19.6 Å².